The van der Waals surface area contributed by atoms with Crippen molar-refractivity contribution in [1.29, 1.82) is 0 Å². The Hall–Kier alpha value is -5.98. The van der Waals surface area contributed by atoms with Gasteiger partial charge in [0.2, 0.25) is 0 Å². The highest BCUT2D eigenvalue weighted by Crippen LogP contribution is 2.30. The second kappa shape index (κ2) is 27.1. The fourth-order valence-corrected chi connectivity index (χ4v) is 8.26. The van der Waals surface area contributed by atoms with Gasteiger partial charge in [0.05, 0.1) is 0 Å². The molecule has 352 valence electrons. The maximum atomic E-state index is 14.2. The molecular weight excluding hydrogens is 907 g/mol. The largest absolute Gasteiger partial charge is 0.461 e. The van der Waals surface area contributed by atoms with Crippen LogP contribution in [0.15, 0.2) is 151 Å². The van der Waals surface area contributed by atoms with Crippen molar-refractivity contribution in [3.63, 3.8) is 0 Å². The molecule has 10 nitrogen and oxygen atoms in total. The zero-order chi connectivity index (χ0) is 49.0. The lowest BCUT2D eigenvalue weighted by atomic mass is 9.62. The number of nitrogens with zero attached hydrogens (tertiary/aromatic N) is 3. The molecule has 0 aromatic heterocycles. The Balaban J connectivity index is 0.000000255. The Morgan fingerprint density at radius 2 is 1.04 bits per heavy atom. The lowest BCUT2D eigenvalue weighted by Gasteiger charge is -2.21. The van der Waals surface area contributed by atoms with Crippen LogP contribution in [0.2, 0.25) is 36.3 Å². The van der Waals surface area contributed by atoms with Crippen molar-refractivity contribution in [3.05, 3.63) is 200 Å². The lowest BCUT2D eigenvalue weighted by molar-refractivity contribution is -0.147. The Morgan fingerprint density at radius 3 is 1.46 bits per heavy atom. The van der Waals surface area contributed by atoms with Crippen LogP contribution in [0.4, 0.5) is 8.78 Å². The van der Waals surface area contributed by atoms with Gasteiger partial charge in [0.15, 0.2) is 0 Å². The Morgan fingerprint density at radius 1 is 0.632 bits per heavy atom. The summed E-state index contributed by atoms with van der Waals surface area (Å²) in [5.41, 5.74) is 21.1. The first-order chi connectivity index (χ1) is 32.7. The summed E-state index contributed by atoms with van der Waals surface area (Å²) in [4.78, 5) is 27.9. The SMILES string of the molecule is CB(O)C[C@H](Cc1ccc(-c2cc(Cl)ccc2F)cc1)C[C@@H](N)C(=O)OCc1ccccc1.CB(O)C[C@H](Cc1ccc(-c2cc(Cl)ccc2F)cc1)C[C@@H](N=[N+]=[N-])C(=O)OCc1ccccc1. The summed E-state index contributed by atoms with van der Waals surface area (Å²) in [5.74, 6) is -1.92. The van der Waals surface area contributed by atoms with E-state index in [2.05, 4.69) is 10.0 Å². The molecule has 0 bridgehead atoms. The summed E-state index contributed by atoms with van der Waals surface area (Å²) in [5, 5.41) is 24.5. The third-order valence-electron chi connectivity index (χ3n) is 11.1. The van der Waals surface area contributed by atoms with Gasteiger partial charge >= 0.3 is 11.9 Å². The monoisotopic (exact) mass is 960 g/mol. The number of azide groups is 1. The van der Waals surface area contributed by atoms with E-state index in [1.807, 2.05) is 109 Å². The van der Waals surface area contributed by atoms with Gasteiger partial charge in [-0.3, -0.25) is 9.59 Å². The van der Waals surface area contributed by atoms with Gasteiger partial charge in [0.1, 0.15) is 36.9 Å². The molecule has 0 heterocycles. The average molecular weight is 962 g/mol. The third kappa shape index (κ3) is 17.6. The summed E-state index contributed by atoms with van der Waals surface area (Å²) >= 11 is 12.0. The number of esters is 2. The number of carbonyl (C=O) groups is 2. The summed E-state index contributed by atoms with van der Waals surface area (Å²) in [6.07, 6.45) is 2.70. The molecule has 0 aliphatic rings. The number of nitrogens with two attached hydrogens (primary N) is 1. The van der Waals surface area contributed by atoms with Crippen LogP contribution in [0.5, 0.6) is 0 Å². The normalized spacial score (nSPS) is 12.5. The molecule has 6 rings (SSSR count). The molecule has 0 aliphatic heterocycles. The molecule has 0 aliphatic carbocycles. The van der Waals surface area contributed by atoms with Gasteiger partial charge in [0.25, 0.3) is 13.8 Å². The molecule has 0 radical (unpaired) electrons. The molecule has 4 N–H and O–H groups in total. The van der Waals surface area contributed by atoms with Crippen molar-refractivity contribution >= 4 is 49.0 Å². The molecule has 6 aromatic carbocycles. The van der Waals surface area contributed by atoms with Crippen molar-refractivity contribution in [2.24, 2.45) is 22.7 Å². The van der Waals surface area contributed by atoms with Gasteiger partial charge in [-0.1, -0.05) is 151 Å². The molecule has 68 heavy (non-hydrogen) atoms. The fourth-order valence-electron chi connectivity index (χ4n) is 7.92. The summed E-state index contributed by atoms with van der Waals surface area (Å²) in [6.45, 7) is 2.52. The maximum Gasteiger partial charge on any atom is 0.323 e. The number of hydrogen-bond acceptors (Lipinski definition) is 8. The van der Waals surface area contributed by atoms with Crippen molar-refractivity contribution in [2.75, 3.05) is 0 Å². The zero-order valence-electron chi connectivity index (χ0n) is 37.9. The van der Waals surface area contributed by atoms with Crippen LogP contribution in [-0.2, 0) is 45.1 Å². The minimum atomic E-state index is -1.01. The molecule has 4 atom stereocenters. The molecule has 0 saturated carbocycles. The molecule has 0 fully saturated rings. The van der Waals surface area contributed by atoms with Crippen LogP contribution in [-0.4, -0.2) is 47.9 Å². The number of carbonyl (C=O) groups excluding carboxylic acids is 2. The average Bonchev–Trinajstić information content (AvgIpc) is 3.32. The van der Waals surface area contributed by atoms with Crippen LogP contribution in [0.1, 0.15) is 35.1 Å². The number of halogens is 4. The van der Waals surface area contributed by atoms with Gasteiger partial charge in [-0.15, -0.1) is 0 Å². The molecule has 0 amide bonds. The van der Waals surface area contributed by atoms with E-state index in [1.54, 1.807) is 25.8 Å². The number of benzene rings is 6. The highest BCUT2D eigenvalue weighted by atomic mass is 35.5. The summed E-state index contributed by atoms with van der Waals surface area (Å²) in [6, 6.07) is 40.7. The predicted octanol–water partition coefficient (Wildman–Crippen LogP) is 12.1. The molecule has 6 aromatic rings. The second-order valence-electron chi connectivity index (χ2n) is 16.9. The Bertz CT molecular complexity index is 2580. The predicted molar refractivity (Wildman–Crippen MR) is 268 cm³/mol. The van der Waals surface area contributed by atoms with Gasteiger partial charge in [-0.2, -0.15) is 0 Å². The van der Waals surface area contributed by atoms with E-state index >= 15 is 0 Å². The third-order valence-corrected chi connectivity index (χ3v) is 11.6. The first kappa shape index (κ1) is 53.0. The highest BCUT2D eigenvalue weighted by molar-refractivity contribution is 6.48. The standard InChI is InChI=1S/C26H26BClFN3O3.C26H28BClFNO3/c1-27(34)16-20(14-25(31-32-30)26(33)35-17-19-5-3-2-4-6-19)13-18-7-9-21(10-8-18)23-15-22(28)11-12-24(23)29;1-27(32)16-20(14-25(30)26(31)33-17-19-5-3-2-4-6-19)13-18-7-9-21(10-8-18)23-15-22(28)11-12-24(23)29/h2-12,15,20,25,34H,13-14,16-17H2,1H3;2-12,15,20,25,32H,13-14,16-17,30H2,1H3/t2*20-,25-/m11/s1. The number of rotatable bonds is 21. The summed E-state index contributed by atoms with van der Waals surface area (Å²) in [7, 11) is 0. The van der Waals surface area contributed by atoms with Crippen LogP contribution >= 0.6 is 23.2 Å². The first-order valence-corrected chi connectivity index (χ1v) is 23.1. The summed E-state index contributed by atoms with van der Waals surface area (Å²) < 4.78 is 39.1. The number of ether oxygens (including phenoxy) is 2. The van der Waals surface area contributed by atoms with Gasteiger partial charge in [-0.05, 0) is 125 Å². The van der Waals surface area contributed by atoms with E-state index in [9.17, 15) is 28.4 Å². The van der Waals surface area contributed by atoms with E-state index in [1.165, 1.54) is 24.3 Å². The quantitative estimate of drug-likeness (QED) is 0.0212. The topological polar surface area (TPSA) is 168 Å². The molecule has 0 saturated heterocycles. The Labute approximate surface area is 407 Å². The molecule has 0 unspecified atom stereocenters. The first-order valence-electron chi connectivity index (χ1n) is 22.3. The van der Waals surface area contributed by atoms with Gasteiger partial charge in [0, 0.05) is 26.1 Å². The van der Waals surface area contributed by atoms with Crippen LogP contribution in [0.3, 0.4) is 0 Å². The van der Waals surface area contributed by atoms with E-state index in [0.717, 1.165) is 27.8 Å². The molecule has 16 heteroatoms. The number of hydrogen-bond donors (Lipinski definition) is 3. The van der Waals surface area contributed by atoms with E-state index in [-0.39, 0.29) is 43.1 Å². The van der Waals surface area contributed by atoms with E-state index in [0.29, 0.717) is 58.6 Å². The molecular formula is C52H54B2Cl2F2N4O6. The van der Waals surface area contributed by atoms with Crippen molar-refractivity contribution in [1.82, 2.24) is 0 Å². The molecule has 0 spiro atoms. The highest BCUT2D eigenvalue weighted by Gasteiger charge is 2.27. The van der Waals surface area contributed by atoms with Crippen LogP contribution in [0, 0.1) is 23.5 Å². The van der Waals surface area contributed by atoms with E-state index < -0.39 is 37.9 Å². The fraction of sp³-hybridized carbons (Fsp3) is 0.269. The Kier molecular flexibility index (Phi) is 21.1. The van der Waals surface area contributed by atoms with Gasteiger partial charge < -0.3 is 25.3 Å². The van der Waals surface area contributed by atoms with Crippen molar-refractivity contribution < 1.29 is 37.9 Å². The maximum absolute atomic E-state index is 14.2. The minimum absolute atomic E-state index is 0.0157. The zero-order valence-corrected chi connectivity index (χ0v) is 39.4. The second-order valence-corrected chi connectivity index (χ2v) is 17.8. The van der Waals surface area contributed by atoms with E-state index in [4.69, 9.17) is 43.9 Å². The van der Waals surface area contributed by atoms with Crippen molar-refractivity contribution in [3.8, 4) is 22.3 Å². The van der Waals surface area contributed by atoms with Gasteiger partial charge in [-0.25, -0.2) is 8.78 Å². The van der Waals surface area contributed by atoms with Crippen LogP contribution < -0.4 is 5.73 Å². The van der Waals surface area contributed by atoms with Crippen molar-refractivity contribution in [2.45, 2.75) is 77.3 Å². The smallest absolute Gasteiger partial charge is 0.323 e. The lowest BCUT2D eigenvalue weighted by Crippen LogP contribution is -2.35. The van der Waals surface area contributed by atoms with Crippen LogP contribution in [0.25, 0.3) is 32.7 Å². The minimum Gasteiger partial charge on any atom is -0.461 e.